The number of carboxylic acid groups (broad SMARTS) is 1. The van der Waals surface area contributed by atoms with Crippen LogP contribution in [-0.2, 0) is 177 Å². The van der Waals surface area contributed by atoms with Crippen molar-refractivity contribution in [1.82, 2.24) is 37.2 Å². The Labute approximate surface area is 781 Å². The predicted molar refractivity (Wildman–Crippen MR) is 449 cm³/mol. The number of aliphatic carboxylic acids is 1. The van der Waals surface area contributed by atoms with Gasteiger partial charge in [0.1, 0.15) is 47.3 Å². The molecule has 31 heteroatoms. The van der Waals surface area contributed by atoms with Crippen LogP contribution in [0.3, 0.4) is 0 Å². The Kier molecular flexibility index (Phi) is 76.3. The number of halogens is 4. The average molecular weight is 1980 g/mol. The average Bonchev–Trinajstić information content (AvgIpc) is 0.774. The minimum Gasteiger partial charge on any atom is -0.481 e. The summed E-state index contributed by atoms with van der Waals surface area (Å²) in [6.45, 7) is 14.9. The number of amides is 2. The van der Waals surface area contributed by atoms with Gasteiger partial charge in [-0.05, 0) is 50.1 Å². The summed E-state index contributed by atoms with van der Waals surface area (Å²) in [7, 11) is 6.69. The van der Waals surface area contributed by atoms with E-state index in [2.05, 4.69) is 326 Å². The van der Waals surface area contributed by atoms with Crippen molar-refractivity contribution >= 4 is 83.3 Å². The number of benzene rings is 9. The zero-order chi connectivity index (χ0) is 81.9. The SMILES string of the molecule is BrCBr.C.CC(=O)O.NCOCOCN.OCNC(c1ccccc1)(c1ccccc1)c1ccccc1.[CH2-]C(=O)Cl.[CH2-]C(=O)Cl.[CH2-]C(=O)NCOCOCNC([CH2-])=O.[CH2-]NCOCOCN[CH2-].[Y].[Y].[Y].c1ccc(C(NCOCOCNC(c2ccccc2)(c2ccccc2)c2ccccc2)(c2ccccc2)c2ccccc2)cc1. The van der Waals surface area contributed by atoms with E-state index in [1.54, 1.807) is 0 Å². The fraction of sp³-hybridized carbons (Fsp3) is 0.226. The van der Waals surface area contributed by atoms with Gasteiger partial charge in [-0.15, -0.1) is 0 Å². The van der Waals surface area contributed by atoms with Gasteiger partial charge in [0.25, 0.3) is 5.97 Å². The smallest absolute Gasteiger partial charge is 0.300 e. The van der Waals surface area contributed by atoms with Gasteiger partial charge in [-0.1, -0.05) is 335 Å². The molecule has 0 aromatic heterocycles. The van der Waals surface area contributed by atoms with Crippen LogP contribution in [-0.4, -0.2) is 130 Å². The first-order chi connectivity index (χ1) is 53.8. The van der Waals surface area contributed by atoms with E-state index in [4.69, 9.17) is 59.4 Å². The zero-order valence-electron chi connectivity index (χ0n) is 63.7. The molecule has 0 fully saturated rings. The topological polar surface area (TPSA) is 336 Å². The Morgan fingerprint density at radius 3 is 0.670 bits per heavy atom. The van der Waals surface area contributed by atoms with Gasteiger partial charge >= 0.3 is 0 Å². The van der Waals surface area contributed by atoms with Gasteiger partial charge in [0.05, 0.1) is 76.8 Å². The van der Waals surface area contributed by atoms with Crippen LogP contribution >= 0.6 is 55.1 Å². The maximum atomic E-state index is 10.2. The molecule has 9 aromatic carbocycles. The second-order valence-corrected chi connectivity index (χ2v) is 25.0. The maximum absolute atomic E-state index is 10.2. The first-order valence-corrected chi connectivity index (χ1v) is 36.7. The Balaban J connectivity index is -0.000000733. The summed E-state index contributed by atoms with van der Waals surface area (Å²) >= 11 is 15.2. The number of aliphatic hydroxyl groups is 1. The van der Waals surface area contributed by atoms with Crippen LogP contribution in [0, 0.1) is 41.8 Å². The molecule has 0 saturated carbocycles. The molecule has 24 nitrogen and oxygen atoms in total. The van der Waals surface area contributed by atoms with Gasteiger partial charge < -0.3 is 128 Å². The number of nitrogens with one attached hydrogen (secondary N) is 7. The van der Waals surface area contributed by atoms with Crippen molar-refractivity contribution in [2.75, 3.05) is 92.0 Å². The van der Waals surface area contributed by atoms with E-state index in [-0.39, 0.29) is 180 Å². The van der Waals surface area contributed by atoms with Crippen LogP contribution in [0.4, 0.5) is 0 Å². The summed E-state index contributed by atoms with van der Waals surface area (Å²) in [4.78, 5) is 47.6. The van der Waals surface area contributed by atoms with Gasteiger partial charge in [-0.3, -0.25) is 34.8 Å². The van der Waals surface area contributed by atoms with Crippen LogP contribution in [0.5, 0.6) is 0 Å². The number of aliphatic hydroxyl groups excluding tert-OH is 1. The number of nitrogens with two attached hydrogens (primary N) is 2. The molecule has 13 N–H and O–H groups in total. The number of carboxylic acids is 1. The number of alkyl halides is 2. The van der Waals surface area contributed by atoms with Crippen molar-refractivity contribution in [1.29, 1.82) is 0 Å². The minimum absolute atomic E-state index is 0. The van der Waals surface area contributed by atoms with Crippen molar-refractivity contribution in [2.24, 2.45) is 11.5 Å². The van der Waals surface area contributed by atoms with E-state index >= 15 is 0 Å². The fourth-order valence-corrected chi connectivity index (χ4v) is 10.0. The summed E-state index contributed by atoms with van der Waals surface area (Å²) in [6.07, 6.45) is 0. The molecule has 0 spiro atoms. The van der Waals surface area contributed by atoms with Gasteiger partial charge in [-0.2, -0.15) is 0 Å². The molecule has 115 heavy (non-hydrogen) atoms. The second-order valence-electron chi connectivity index (χ2n) is 21.6. The number of hydrogen-bond acceptors (Lipinski definition) is 21. The van der Waals surface area contributed by atoms with Gasteiger partial charge in [0.15, 0.2) is 6.79 Å². The van der Waals surface area contributed by atoms with Crippen LogP contribution in [0.25, 0.3) is 0 Å². The molecule has 619 valence electrons. The fourth-order valence-electron chi connectivity index (χ4n) is 10.0. The number of carbonyl (C=O) groups excluding carboxylic acids is 4. The number of ether oxygens (including phenoxy) is 8. The molecular formula is C84H105Br2Cl2N9O15Y3-6. The third-order valence-electron chi connectivity index (χ3n) is 14.1. The van der Waals surface area contributed by atoms with E-state index in [9.17, 15) is 14.7 Å². The molecule has 9 aromatic rings. The number of carbonyl (C=O) groups is 5. The quantitative estimate of drug-likeness (QED) is 0.00439. The molecule has 3 radical (unpaired) electrons. The minimum atomic E-state index is -0.833. The van der Waals surface area contributed by atoms with Gasteiger partial charge in [0, 0.05) is 105 Å². The van der Waals surface area contributed by atoms with E-state index < -0.39 is 44.9 Å². The maximum Gasteiger partial charge on any atom is 0.300 e. The molecule has 0 saturated heterocycles. The van der Waals surface area contributed by atoms with Crippen molar-refractivity contribution in [3.05, 3.63) is 365 Å². The first-order valence-electron chi connectivity index (χ1n) is 33.7. The first kappa shape index (κ1) is 116. The molecule has 0 aliphatic carbocycles. The number of hydrogen-bond donors (Lipinski definition) is 11. The van der Waals surface area contributed by atoms with Crippen LogP contribution in [0.1, 0.15) is 64.4 Å². The van der Waals surface area contributed by atoms with Gasteiger partial charge in [-0.25, -0.2) is 0 Å². The summed E-state index contributed by atoms with van der Waals surface area (Å²) in [6, 6.07) is 93.7. The summed E-state index contributed by atoms with van der Waals surface area (Å²) in [5.74, 6) is -1.68. The predicted octanol–water partition coefficient (Wildman–Crippen LogP) is 12.5. The van der Waals surface area contributed by atoms with Gasteiger partial charge in [0.2, 0.25) is 0 Å². The van der Waals surface area contributed by atoms with Crippen LogP contribution < -0.4 is 48.7 Å². The van der Waals surface area contributed by atoms with Crippen molar-refractivity contribution in [3.8, 4) is 0 Å². The molecule has 0 atom stereocenters. The largest absolute Gasteiger partial charge is 0.481 e. The third-order valence-corrected chi connectivity index (χ3v) is 14.1. The Morgan fingerprint density at radius 1 is 0.357 bits per heavy atom. The third kappa shape index (κ3) is 50.2. The Hall–Kier alpha value is -5.58. The van der Waals surface area contributed by atoms with Crippen molar-refractivity contribution < 1.29 is 170 Å². The molecule has 0 unspecified atom stereocenters. The summed E-state index contributed by atoms with van der Waals surface area (Å²) in [5, 5.41) is 36.4. The monoisotopic (exact) mass is 1970 g/mol. The summed E-state index contributed by atoms with van der Waals surface area (Å²) in [5.41, 5.74) is 18.2. The van der Waals surface area contributed by atoms with E-state index in [1.165, 1.54) is 0 Å². The molecular weight excluding hydrogens is 1870 g/mol. The molecule has 9 rings (SSSR count). The van der Waals surface area contributed by atoms with Crippen molar-refractivity contribution in [2.45, 2.75) is 31.0 Å². The Bertz CT molecular complexity index is 3280. The summed E-state index contributed by atoms with van der Waals surface area (Å²) < 4.78 is 41.4. The molecule has 0 bridgehead atoms. The zero-order valence-corrected chi connectivity index (χ0v) is 76.9. The molecule has 2 amide bonds. The van der Waals surface area contributed by atoms with E-state index in [0.717, 1.165) is 61.2 Å². The van der Waals surface area contributed by atoms with E-state index in [0.29, 0.717) is 13.5 Å². The van der Waals surface area contributed by atoms with Crippen LogP contribution in [0.15, 0.2) is 273 Å². The van der Waals surface area contributed by atoms with Crippen LogP contribution in [0.2, 0.25) is 0 Å². The normalized spacial score (nSPS) is 9.97. The molecule has 0 aliphatic rings. The molecule has 0 aliphatic heterocycles. The Morgan fingerprint density at radius 2 is 0.513 bits per heavy atom. The molecule has 0 heterocycles. The van der Waals surface area contributed by atoms with E-state index in [1.807, 2.05) is 91.0 Å². The van der Waals surface area contributed by atoms with Crippen molar-refractivity contribution in [3.63, 3.8) is 0 Å². The number of rotatable bonds is 35. The second kappa shape index (κ2) is 75.9. The standard InChI is InChI=1S/C41H38N2O2.C20H19NO.C7H12N2O4.C5H12N2O2.C3H10N2O2.2C2H2ClO.C2H4O2.CH2Br2.CH4.3Y/c1-7-19-34(20-8-1)40(35-21-9-2-10-22-35,36-23-11-3-12-24-36)42-31-44-33-45-32-43-41(37-25-13-4-14-26-37,38-27-15-5-16-28-38)39-29-17-6-18-30-39;22-16-21-20(17-10-4-1-5-11-17,18-12-6-2-7-13-18)19-14-8-3-9-15-19;1-6(10)8-3-12-5-13-4-9-7(2)11;1-6-3-8-5-9-4-7-2;4-1-6-3-7-2-5;3*1-2(3)4;2-1-3;;;;/h1-30,42-43H,31-33H2;1-15,21-22H,16H2;1-5H2,(H,8,10)(H,9,11);6-7H,1-5H2;1-5H2;2*1H2;1H3,(H,3,4);1H2;1H4;;;/q;;2*-2;;2*-1;;;;;;.